The Balaban J connectivity index is 1.50. The highest BCUT2D eigenvalue weighted by molar-refractivity contribution is 5.95. The summed E-state index contributed by atoms with van der Waals surface area (Å²) in [6.07, 6.45) is 14.4. The molecule has 1 unspecified atom stereocenters. The quantitative estimate of drug-likeness (QED) is 0.532. The maximum Gasteiger partial charge on any atom is 0.253 e. The first kappa shape index (κ1) is 28.5. The average molecular weight is 526 g/mol. The molecule has 1 atom stereocenters. The largest absolute Gasteiger partial charge is 0.361 e. The Kier molecular flexibility index (Phi) is 8.88. The summed E-state index contributed by atoms with van der Waals surface area (Å²) in [5, 5.41) is 3.30. The van der Waals surface area contributed by atoms with Gasteiger partial charge in [0.1, 0.15) is 0 Å². The fourth-order valence-electron chi connectivity index (χ4n) is 5.72. The van der Waals surface area contributed by atoms with Crippen molar-refractivity contribution in [2.45, 2.75) is 40.3 Å². The molecule has 0 saturated heterocycles. The Morgan fingerprint density at radius 2 is 1.92 bits per heavy atom. The molecule has 2 aromatic rings. The summed E-state index contributed by atoms with van der Waals surface area (Å²) >= 11 is 0. The van der Waals surface area contributed by atoms with Crippen molar-refractivity contribution in [1.29, 1.82) is 0 Å². The number of nitrogens with zero attached hydrogens (tertiary/aromatic N) is 4. The third kappa shape index (κ3) is 6.40. The van der Waals surface area contributed by atoms with Crippen LogP contribution in [0.3, 0.4) is 0 Å². The first-order valence-corrected chi connectivity index (χ1v) is 13.8. The number of amides is 1. The van der Waals surface area contributed by atoms with Crippen molar-refractivity contribution in [1.82, 2.24) is 25.0 Å². The molecule has 1 N–H and O–H groups in total. The van der Waals surface area contributed by atoms with Crippen LogP contribution in [0.2, 0.25) is 0 Å². The monoisotopic (exact) mass is 525 g/mol. The molecule has 2 aliphatic heterocycles. The third-order valence-corrected chi connectivity index (χ3v) is 7.70. The van der Waals surface area contributed by atoms with Crippen LogP contribution in [0.4, 0.5) is 0 Å². The summed E-state index contributed by atoms with van der Waals surface area (Å²) in [4.78, 5) is 23.4. The van der Waals surface area contributed by atoms with E-state index in [0.717, 1.165) is 37.3 Å². The molecule has 0 fully saturated rings. The van der Waals surface area contributed by atoms with Crippen LogP contribution in [0.1, 0.15) is 57.2 Å². The highest BCUT2D eigenvalue weighted by Gasteiger charge is 2.19. The van der Waals surface area contributed by atoms with Gasteiger partial charge >= 0.3 is 0 Å². The predicted octanol–water partition coefficient (Wildman–Crippen LogP) is 5.29. The molecule has 0 bridgehead atoms. The number of benzene rings is 1. The van der Waals surface area contributed by atoms with Gasteiger partial charge in [-0.25, -0.2) is 0 Å². The standard InChI is InChI=1S/C33H43N5O/c1-22(17-30-25(4)35-14-11-29(30)27-9-10-31(34-5)37(8)21-27)20-38-15-12-26(13-16-38)32-23(2)18-28(19-24(32)3)33(39)36(6)7/h9-12,14,17-19,21,31,34H,13,15-16,20H2,1-8H3/b22-17+. The molecular formula is C33H43N5O. The van der Waals surface area contributed by atoms with E-state index in [-0.39, 0.29) is 12.1 Å². The molecule has 0 aliphatic carbocycles. The van der Waals surface area contributed by atoms with Gasteiger partial charge in [-0.3, -0.25) is 20.0 Å². The minimum Gasteiger partial charge on any atom is -0.361 e. The fourth-order valence-corrected chi connectivity index (χ4v) is 5.72. The molecule has 6 heteroatoms. The van der Waals surface area contributed by atoms with Crippen LogP contribution in [0.25, 0.3) is 17.2 Å². The van der Waals surface area contributed by atoms with Crippen LogP contribution in [0.5, 0.6) is 0 Å². The van der Waals surface area contributed by atoms with E-state index in [0.29, 0.717) is 0 Å². The number of aromatic nitrogens is 1. The van der Waals surface area contributed by atoms with Crippen molar-refractivity contribution in [3.8, 4) is 0 Å². The Hall–Kier alpha value is -3.48. The number of hydrogen-bond donors (Lipinski definition) is 1. The zero-order chi connectivity index (χ0) is 28.3. The molecule has 1 aromatic carbocycles. The van der Waals surface area contributed by atoms with Crippen molar-refractivity contribution >= 4 is 23.1 Å². The number of carbonyl (C=O) groups is 1. The summed E-state index contributed by atoms with van der Waals surface area (Å²) in [6.45, 7) is 11.4. The van der Waals surface area contributed by atoms with E-state index in [1.54, 1.807) is 19.0 Å². The Morgan fingerprint density at radius 1 is 1.21 bits per heavy atom. The maximum absolute atomic E-state index is 12.5. The van der Waals surface area contributed by atoms with Gasteiger partial charge in [0.25, 0.3) is 5.91 Å². The van der Waals surface area contributed by atoms with Gasteiger partial charge in [0.15, 0.2) is 0 Å². The SMILES string of the molecule is CNC1C=CC(c2ccnc(C)c2/C=C(\C)CN2CC=C(c3c(C)cc(C(=O)N(C)C)cc3C)CC2)=CN1C. The van der Waals surface area contributed by atoms with Crippen molar-refractivity contribution in [3.05, 3.63) is 93.5 Å². The van der Waals surface area contributed by atoms with E-state index in [1.807, 2.05) is 25.4 Å². The van der Waals surface area contributed by atoms with Gasteiger partial charge in [-0.15, -0.1) is 0 Å². The number of aryl methyl sites for hydroxylation is 3. The Morgan fingerprint density at radius 3 is 2.51 bits per heavy atom. The van der Waals surface area contributed by atoms with Crippen molar-refractivity contribution < 1.29 is 4.79 Å². The highest BCUT2D eigenvalue weighted by atomic mass is 16.2. The molecule has 4 rings (SSSR count). The van der Waals surface area contributed by atoms with Crippen LogP contribution in [-0.4, -0.2) is 79.6 Å². The maximum atomic E-state index is 12.5. The molecule has 0 radical (unpaired) electrons. The number of allylic oxidation sites excluding steroid dienone is 2. The first-order chi connectivity index (χ1) is 18.6. The molecule has 206 valence electrons. The number of hydrogen-bond acceptors (Lipinski definition) is 5. The lowest BCUT2D eigenvalue weighted by Gasteiger charge is -2.29. The Labute approximate surface area is 234 Å². The zero-order valence-corrected chi connectivity index (χ0v) is 24.8. The normalized spacial score (nSPS) is 18.2. The summed E-state index contributed by atoms with van der Waals surface area (Å²) in [5.74, 6) is 0.0517. The molecule has 1 aromatic heterocycles. The van der Waals surface area contributed by atoms with E-state index in [2.05, 4.69) is 91.4 Å². The molecule has 0 saturated carbocycles. The Bertz CT molecular complexity index is 1340. The van der Waals surface area contributed by atoms with Crippen molar-refractivity contribution in [2.24, 2.45) is 0 Å². The molecule has 1 amide bonds. The number of rotatable bonds is 7. The predicted molar refractivity (Wildman–Crippen MR) is 163 cm³/mol. The first-order valence-electron chi connectivity index (χ1n) is 13.8. The second-order valence-electron chi connectivity index (χ2n) is 11.1. The number of likely N-dealkylation sites (N-methyl/N-ethyl adjacent to an activating group) is 2. The van der Waals surface area contributed by atoms with Crippen LogP contribution in [-0.2, 0) is 0 Å². The van der Waals surface area contributed by atoms with Crippen LogP contribution in [0.15, 0.2) is 54.4 Å². The highest BCUT2D eigenvalue weighted by Crippen LogP contribution is 2.31. The molecule has 3 heterocycles. The average Bonchev–Trinajstić information content (AvgIpc) is 2.89. The fraction of sp³-hybridized carbons (Fsp3) is 0.394. The minimum atomic E-state index is 0.0517. The molecule has 6 nitrogen and oxygen atoms in total. The van der Waals surface area contributed by atoms with Gasteiger partial charge in [-0.2, -0.15) is 0 Å². The van der Waals surface area contributed by atoms with E-state index < -0.39 is 0 Å². The lowest BCUT2D eigenvalue weighted by atomic mass is 9.90. The van der Waals surface area contributed by atoms with Gasteiger partial charge in [-0.1, -0.05) is 23.8 Å². The van der Waals surface area contributed by atoms with Gasteiger partial charge in [0, 0.05) is 70.0 Å². The van der Waals surface area contributed by atoms with Gasteiger partial charge in [0.2, 0.25) is 0 Å². The van der Waals surface area contributed by atoms with Crippen molar-refractivity contribution in [3.63, 3.8) is 0 Å². The molecule has 0 spiro atoms. The minimum absolute atomic E-state index is 0.0517. The molecule has 39 heavy (non-hydrogen) atoms. The summed E-state index contributed by atoms with van der Waals surface area (Å²) in [6, 6.07) is 6.19. The molecular weight excluding hydrogens is 482 g/mol. The smallest absolute Gasteiger partial charge is 0.253 e. The van der Waals surface area contributed by atoms with Gasteiger partial charge < -0.3 is 9.80 Å². The van der Waals surface area contributed by atoms with Gasteiger partial charge in [0.05, 0.1) is 6.17 Å². The van der Waals surface area contributed by atoms with Crippen molar-refractivity contribution in [2.75, 3.05) is 47.8 Å². The molecule has 2 aliphatic rings. The van der Waals surface area contributed by atoms with E-state index >= 15 is 0 Å². The van der Waals surface area contributed by atoms with Gasteiger partial charge in [-0.05, 0) is 98.8 Å². The lowest BCUT2D eigenvalue weighted by molar-refractivity contribution is 0.0827. The number of carbonyl (C=O) groups excluding carboxylic acids is 1. The topological polar surface area (TPSA) is 51.7 Å². The summed E-state index contributed by atoms with van der Waals surface area (Å²) in [5.41, 5.74) is 11.8. The zero-order valence-electron chi connectivity index (χ0n) is 24.8. The number of nitrogens with one attached hydrogen (secondary N) is 1. The van der Waals surface area contributed by atoms with E-state index in [1.165, 1.54) is 44.5 Å². The van der Waals surface area contributed by atoms with Crippen LogP contribution in [0, 0.1) is 20.8 Å². The lowest BCUT2D eigenvalue weighted by Crippen LogP contribution is -2.38. The van der Waals surface area contributed by atoms with Crippen LogP contribution < -0.4 is 5.32 Å². The summed E-state index contributed by atoms with van der Waals surface area (Å²) < 4.78 is 0. The second kappa shape index (κ2) is 12.1. The third-order valence-electron chi connectivity index (χ3n) is 7.70. The number of pyridine rings is 1. The summed E-state index contributed by atoms with van der Waals surface area (Å²) in [7, 11) is 7.67. The van der Waals surface area contributed by atoms with Crippen LogP contribution >= 0.6 is 0 Å². The van der Waals surface area contributed by atoms with E-state index in [4.69, 9.17) is 0 Å². The second-order valence-corrected chi connectivity index (χ2v) is 11.1. The van der Waals surface area contributed by atoms with E-state index in [9.17, 15) is 4.79 Å².